The molecule has 10 heteroatoms. The van der Waals surface area contributed by atoms with Crippen LogP contribution in [-0.2, 0) is 10.0 Å². The van der Waals surface area contributed by atoms with Crippen molar-refractivity contribution in [2.24, 2.45) is 0 Å². The summed E-state index contributed by atoms with van der Waals surface area (Å²) in [5, 5.41) is 5.85. The highest BCUT2D eigenvalue weighted by molar-refractivity contribution is 7.92. The van der Waals surface area contributed by atoms with Gasteiger partial charge in [0.25, 0.3) is 10.0 Å². The van der Waals surface area contributed by atoms with Gasteiger partial charge in [0, 0.05) is 28.2 Å². The molecule has 1 aromatic heterocycles. The number of nitrogens with zero attached hydrogens (tertiary/aromatic N) is 2. The Bertz CT molecular complexity index is 1110. The van der Waals surface area contributed by atoms with Gasteiger partial charge in [0.2, 0.25) is 0 Å². The van der Waals surface area contributed by atoms with Crippen LogP contribution in [0.4, 0.5) is 22.0 Å². The Labute approximate surface area is 173 Å². The van der Waals surface area contributed by atoms with Crippen LogP contribution in [-0.4, -0.2) is 24.4 Å². The van der Waals surface area contributed by atoms with Crippen molar-refractivity contribution in [2.45, 2.75) is 18.7 Å². The smallest absolute Gasteiger partial charge is 0.308 e. The number of sulfonamides is 1. The predicted molar refractivity (Wildman–Crippen MR) is 113 cm³/mol. The molecule has 2 amide bonds. The lowest BCUT2D eigenvalue weighted by molar-refractivity contribution is 0.262. The fourth-order valence-electron chi connectivity index (χ4n) is 2.51. The molecule has 0 radical (unpaired) electrons. The second-order valence-electron chi connectivity index (χ2n) is 6.16. The van der Waals surface area contributed by atoms with E-state index >= 15 is 0 Å². The number of carbonyl (C=O) groups excluding carboxylic acids is 1. The van der Waals surface area contributed by atoms with E-state index in [1.165, 1.54) is 24.3 Å². The van der Waals surface area contributed by atoms with Gasteiger partial charge in [-0.3, -0.25) is 4.72 Å². The van der Waals surface area contributed by atoms with Crippen molar-refractivity contribution in [1.29, 1.82) is 0 Å². The molecule has 0 fully saturated rings. The molecule has 0 aliphatic carbocycles. The number of hydrogen-bond donors (Lipinski definition) is 3. The summed E-state index contributed by atoms with van der Waals surface area (Å²) < 4.78 is 27.5. The van der Waals surface area contributed by atoms with Crippen LogP contribution < -0.4 is 15.4 Å². The van der Waals surface area contributed by atoms with Crippen molar-refractivity contribution >= 4 is 44.8 Å². The number of anilines is 3. The first kappa shape index (κ1) is 20.6. The fraction of sp³-hybridized carbons (Fsp3) is 0.105. The van der Waals surface area contributed by atoms with E-state index in [9.17, 15) is 13.2 Å². The Morgan fingerprint density at radius 3 is 2.00 bits per heavy atom. The van der Waals surface area contributed by atoms with Crippen molar-refractivity contribution in [3.05, 3.63) is 71.1 Å². The minimum absolute atomic E-state index is 0.0371. The lowest BCUT2D eigenvalue weighted by atomic mass is 10.3. The Morgan fingerprint density at radius 2 is 1.45 bits per heavy atom. The molecule has 3 N–H and O–H groups in total. The molecule has 0 saturated carbocycles. The van der Waals surface area contributed by atoms with Crippen LogP contribution >= 0.6 is 11.6 Å². The fourth-order valence-corrected chi connectivity index (χ4v) is 3.63. The Balaban J connectivity index is 1.67. The summed E-state index contributed by atoms with van der Waals surface area (Å²) in [5.41, 5.74) is 1.66. The zero-order valence-corrected chi connectivity index (χ0v) is 17.2. The third kappa shape index (κ3) is 5.66. The van der Waals surface area contributed by atoms with Crippen LogP contribution in [0.3, 0.4) is 0 Å². The van der Waals surface area contributed by atoms with E-state index in [1.807, 2.05) is 0 Å². The molecule has 0 spiro atoms. The lowest BCUT2D eigenvalue weighted by Crippen LogP contribution is -2.19. The zero-order valence-electron chi connectivity index (χ0n) is 15.6. The number of hydrogen-bond acceptors (Lipinski definition) is 5. The van der Waals surface area contributed by atoms with E-state index in [0.29, 0.717) is 27.9 Å². The average molecular weight is 432 g/mol. The second-order valence-corrected chi connectivity index (χ2v) is 8.28. The first-order valence-electron chi connectivity index (χ1n) is 8.50. The lowest BCUT2D eigenvalue weighted by Gasteiger charge is -2.10. The number of amides is 2. The summed E-state index contributed by atoms with van der Waals surface area (Å²) in [5.74, 6) is 0.661. The van der Waals surface area contributed by atoms with Gasteiger partial charge in [-0.05, 0) is 62.4 Å². The van der Waals surface area contributed by atoms with E-state index in [0.717, 1.165) is 0 Å². The zero-order chi connectivity index (χ0) is 21.0. The van der Waals surface area contributed by atoms with Gasteiger partial charge in [-0.1, -0.05) is 11.6 Å². The standard InChI is InChI=1S/C19H18ClN5O3S/c1-12-11-18(22-13(2)21-12)25-29(27,28)17-9-7-16(8-10-17)24-19(26)23-15-5-3-14(20)4-6-15/h3-11H,1-2H3,(H,21,22,25)(H2,23,24,26). The first-order chi connectivity index (χ1) is 13.7. The van der Waals surface area contributed by atoms with E-state index in [-0.39, 0.29) is 10.7 Å². The maximum absolute atomic E-state index is 12.5. The van der Waals surface area contributed by atoms with Gasteiger partial charge in [0.15, 0.2) is 0 Å². The SMILES string of the molecule is Cc1cc(NS(=O)(=O)c2ccc(NC(=O)Nc3ccc(Cl)cc3)cc2)nc(C)n1. The molecule has 0 saturated heterocycles. The number of aryl methyl sites for hydroxylation is 2. The molecular weight excluding hydrogens is 414 g/mol. The third-order valence-electron chi connectivity index (χ3n) is 3.73. The predicted octanol–water partition coefficient (Wildman–Crippen LogP) is 4.19. The van der Waals surface area contributed by atoms with Crippen LogP contribution in [0.5, 0.6) is 0 Å². The van der Waals surface area contributed by atoms with Gasteiger partial charge >= 0.3 is 6.03 Å². The van der Waals surface area contributed by atoms with Gasteiger partial charge in [-0.25, -0.2) is 23.2 Å². The number of benzene rings is 2. The molecule has 150 valence electrons. The number of nitrogens with one attached hydrogen (secondary N) is 3. The minimum atomic E-state index is -3.83. The van der Waals surface area contributed by atoms with E-state index in [1.54, 1.807) is 44.2 Å². The van der Waals surface area contributed by atoms with Crippen molar-refractivity contribution < 1.29 is 13.2 Å². The monoisotopic (exact) mass is 431 g/mol. The van der Waals surface area contributed by atoms with E-state index < -0.39 is 16.1 Å². The quantitative estimate of drug-likeness (QED) is 0.560. The highest BCUT2D eigenvalue weighted by atomic mass is 35.5. The number of urea groups is 1. The van der Waals surface area contributed by atoms with Gasteiger partial charge < -0.3 is 10.6 Å². The molecule has 0 aliphatic rings. The van der Waals surface area contributed by atoms with E-state index in [2.05, 4.69) is 25.3 Å². The van der Waals surface area contributed by atoms with Crippen molar-refractivity contribution in [3.8, 4) is 0 Å². The molecule has 3 rings (SSSR count). The molecule has 0 unspecified atom stereocenters. The number of rotatable bonds is 5. The summed E-state index contributed by atoms with van der Waals surface area (Å²) >= 11 is 5.81. The van der Waals surface area contributed by atoms with Gasteiger partial charge in [0.1, 0.15) is 11.6 Å². The summed E-state index contributed by atoms with van der Waals surface area (Å²) in [7, 11) is -3.83. The van der Waals surface area contributed by atoms with Crippen LogP contribution in [0.2, 0.25) is 5.02 Å². The average Bonchev–Trinajstić information content (AvgIpc) is 2.63. The summed E-state index contributed by atoms with van der Waals surface area (Å²) in [6.45, 7) is 3.43. The number of carbonyl (C=O) groups is 1. The van der Waals surface area contributed by atoms with Crippen molar-refractivity contribution in [3.63, 3.8) is 0 Å². The third-order valence-corrected chi connectivity index (χ3v) is 5.35. The second kappa shape index (κ2) is 8.46. The molecular formula is C19H18ClN5O3S. The van der Waals surface area contributed by atoms with Crippen molar-refractivity contribution in [1.82, 2.24) is 9.97 Å². The molecule has 2 aromatic carbocycles. The topological polar surface area (TPSA) is 113 Å². The Hall–Kier alpha value is -3.17. The summed E-state index contributed by atoms with van der Waals surface area (Å²) in [6.07, 6.45) is 0. The maximum atomic E-state index is 12.5. The van der Waals surface area contributed by atoms with Crippen LogP contribution in [0.25, 0.3) is 0 Å². The van der Waals surface area contributed by atoms with Gasteiger partial charge in [-0.2, -0.15) is 0 Å². The largest absolute Gasteiger partial charge is 0.323 e. The molecule has 0 aliphatic heterocycles. The molecule has 29 heavy (non-hydrogen) atoms. The van der Waals surface area contributed by atoms with E-state index in [4.69, 9.17) is 11.6 Å². The highest BCUT2D eigenvalue weighted by Gasteiger charge is 2.15. The molecule has 0 bridgehead atoms. The number of aromatic nitrogens is 2. The number of halogens is 1. The first-order valence-corrected chi connectivity index (χ1v) is 10.4. The maximum Gasteiger partial charge on any atom is 0.323 e. The van der Waals surface area contributed by atoms with Crippen LogP contribution in [0, 0.1) is 13.8 Å². The summed E-state index contributed by atoms with van der Waals surface area (Å²) in [4.78, 5) is 20.3. The van der Waals surface area contributed by atoms with Gasteiger partial charge in [-0.15, -0.1) is 0 Å². The molecule has 1 heterocycles. The molecule has 8 nitrogen and oxygen atoms in total. The highest BCUT2D eigenvalue weighted by Crippen LogP contribution is 2.18. The summed E-state index contributed by atoms with van der Waals surface area (Å²) in [6, 6.07) is 13.5. The Kier molecular flexibility index (Phi) is 6.00. The van der Waals surface area contributed by atoms with Crippen molar-refractivity contribution in [2.75, 3.05) is 15.4 Å². The molecule has 3 aromatic rings. The van der Waals surface area contributed by atoms with Gasteiger partial charge in [0.05, 0.1) is 4.90 Å². The Morgan fingerprint density at radius 1 is 0.897 bits per heavy atom. The minimum Gasteiger partial charge on any atom is -0.308 e. The normalized spacial score (nSPS) is 11.0. The van der Waals surface area contributed by atoms with Crippen LogP contribution in [0.15, 0.2) is 59.5 Å². The van der Waals surface area contributed by atoms with Crippen LogP contribution in [0.1, 0.15) is 11.5 Å². The molecule has 0 atom stereocenters.